The summed E-state index contributed by atoms with van der Waals surface area (Å²) in [5, 5.41) is 16.6. The Bertz CT molecular complexity index is 3620. The number of carbonyl (C=O) groups is 2. The number of amides is 1. The maximum absolute atomic E-state index is 13.5. The summed E-state index contributed by atoms with van der Waals surface area (Å²) in [6.07, 6.45) is 7.76. The number of aromatic amines is 2. The van der Waals surface area contributed by atoms with Crippen molar-refractivity contribution in [3.63, 3.8) is 0 Å². The first-order chi connectivity index (χ1) is 34.7. The van der Waals surface area contributed by atoms with Gasteiger partial charge in [0.25, 0.3) is 5.91 Å². The van der Waals surface area contributed by atoms with Crippen LogP contribution in [0.1, 0.15) is 82.5 Å². The Labute approximate surface area is 427 Å². The van der Waals surface area contributed by atoms with Crippen LogP contribution >= 0.6 is 0 Å². The van der Waals surface area contributed by atoms with Gasteiger partial charge in [0, 0.05) is 51.6 Å². The number of carbonyl (C=O) groups excluding carboxylic acids is 1. The van der Waals surface area contributed by atoms with E-state index < -0.39 is 25.6 Å². The molecular weight excluding hydrogens is 961 g/mol. The highest BCUT2D eigenvalue weighted by atomic mass is 32.2. The van der Waals surface area contributed by atoms with E-state index in [-0.39, 0.29) is 38.8 Å². The number of nitrogens with one attached hydrogen (secondary N) is 3. The Kier molecular flexibility index (Phi) is 15.6. The number of aromatic nitrogens is 4. The first kappa shape index (κ1) is 52.8. The molecule has 17 heteroatoms. The molecule has 0 bridgehead atoms. The lowest BCUT2D eigenvalue weighted by atomic mass is 9.93. The lowest BCUT2D eigenvalue weighted by molar-refractivity contribution is 0.0695. The van der Waals surface area contributed by atoms with Gasteiger partial charge in [0.2, 0.25) is 0 Å². The zero-order valence-electron chi connectivity index (χ0n) is 42.9. The highest BCUT2D eigenvalue weighted by Crippen LogP contribution is 2.40. The van der Waals surface area contributed by atoms with Crippen molar-refractivity contribution in [2.45, 2.75) is 89.1 Å². The van der Waals surface area contributed by atoms with Gasteiger partial charge in [-0.25, -0.2) is 31.6 Å². The highest BCUT2D eigenvalue weighted by Gasteiger charge is 2.25. The summed E-state index contributed by atoms with van der Waals surface area (Å²) in [6, 6.07) is 21.9. The number of fused-ring (bicyclic) bond motifs is 6. The molecule has 0 spiro atoms. The van der Waals surface area contributed by atoms with Crippen molar-refractivity contribution >= 4 is 75.4 Å². The van der Waals surface area contributed by atoms with Crippen molar-refractivity contribution in [1.29, 1.82) is 0 Å². The third kappa shape index (κ3) is 11.2. The molecule has 2 fully saturated rings. The molecule has 1 amide bonds. The molecule has 6 heterocycles. The van der Waals surface area contributed by atoms with Crippen molar-refractivity contribution in [1.82, 2.24) is 35.1 Å². The van der Waals surface area contributed by atoms with E-state index in [1.54, 1.807) is 75.5 Å². The van der Waals surface area contributed by atoms with Gasteiger partial charge in [-0.3, -0.25) is 4.79 Å². The molecule has 4 aromatic heterocycles. The van der Waals surface area contributed by atoms with Crippen LogP contribution in [0.3, 0.4) is 0 Å². The summed E-state index contributed by atoms with van der Waals surface area (Å²) in [7, 11) is -2.53. The first-order valence-corrected chi connectivity index (χ1v) is 28.2. The summed E-state index contributed by atoms with van der Waals surface area (Å²) in [5.41, 5.74) is 15.7. The van der Waals surface area contributed by atoms with Gasteiger partial charge in [-0.2, -0.15) is 0 Å². The monoisotopic (exact) mass is 1030 g/mol. The Balaban J connectivity index is 0.000000172. The van der Waals surface area contributed by atoms with Crippen molar-refractivity contribution in [3.05, 3.63) is 119 Å². The van der Waals surface area contributed by atoms with Gasteiger partial charge >= 0.3 is 5.97 Å². The lowest BCUT2D eigenvalue weighted by Gasteiger charge is -2.29. The van der Waals surface area contributed by atoms with Crippen LogP contribution in [0.15, 0.2) is 95.0 Å². The molecule has 4 aromatic carbocycles. The minimum Gasteiger partial charge on any atom is -0.478 e. The van der Waals surface area contributed by atoms with Crippen molar-refractivity contribution < 1.29 is 31.5 Å². The Morgan fingerprint density at radius 1 is 0.658 bits per heavy atom. The van der Waals surface area contributed by atoms with Crippen LogP contribution in [0.4, 0.5) is 0 Å². The van der Waals surface area contributed by atoms with Crippen LogP contribution in [0.5, 0.6) is 0 Å². The number of hydrogen-bond donors (Lipinski definition) is 5. The smallest absolute Gasteiger partial charge is 0.336 e. The number of H-pyrrole nitrogens is 2. The number of sulfone groups is 2. The van der Waals surface area contributed by atoms with Crippen molar-refractivity contribution in [3.8, 4) is 22.3 Å². The molecule has 384 valence electrons. The fraction of sp³-hybridized carbons (Fsp3) is 0.357. The number of pyridine rings is 2. The zero-order valence-corrected chi connectivity index (χ0v) is 44.5. The number of likely N-dealkylation sites (tertiary alicyclic amines) is 2. The second-order valence-electron chi connectivity index (χ2n) is 19.6. The van der Waals surface area contributed by atoms with E-state index in [9.17, 15) is 31.5 Å². The van der Waals surface area contributed by atoms with Gasteiger partial charge in [0.15, 0.2) is 19.7 Å². The Morgan fingerprint density at radius 2 is 1.08 bits per heavy atom. The number of aromatic carboxylic acids is 1. The van der Waals surface area contributed by atoms with Gasteiger partial charge in [0.05, 0.1) is 37.9 Å². The topological polar surface area (TPSA) is 225 Å². The average Bonchev–Trinajstić information content (AvgIpc) is 3.95. The van der Waals surface area contributed by atoms with Gasteiger partial charge in [0.1, 0.15) is 11.3 Å². The molecule has 0 saturated carbocycles. The molecule has 0 aliphatic carbocycles. The van der Waals surface area contributed by atoms with Gasteiger partial charge in [-0.1, -0.05) is 38.1 Å². The number of carboxylic acid groups (broad SMARTS) is 1. The second kappa shape index (κ2) is 21.5. The van der Waals surface area contributed by atoms with Crippen LogP contribution in [-0.2, 0) is 19.7 Å². The molecule has 73 heavy (non-hydrogen) atoms. The van der Waals surface area contributed by atoms with E-state index in [4.69, 9.17) is 5.73 Å². The molecule has 0 radical (unpaired) electrons. The Morgan fingerprint density at radius 3 is 1.51 bits per heavy atom. The highest BCUT2D eigenvalue weighted by molar-refractivity contribution is 7.91. The van der Waals surface area contributed by atoms with Crippen LogP contribution in [0, 0.1) is 27.7 Å². The van der Waals surface area contributed by atoms with Crippen LogP contribution in [0.2, 0.25) is 0 Å². The summed E-state index contributed by atoms with van der Waals surface area (Å²) < 4.78 is 50.0. The number of nitrogens with two attached hydrogens (primary N) is 1. The van der Waals surface area contributed by atoms with Crippen LogP contribution in [-0.4, -0.2) is 127 Å². The van der Waals surface area contributed by atoms with Gasteiger partial charge in [-0.15, -0.1) is 0 Å². The number of aryl methyl sites for hydroxylation is 4. The molecular formula is C56H66N8O7S2. The predicted octanol–water partition coefficient (Wildman–Crippen LogP) is 9.15. The maximum Gasteiger partial charge on any atom is 0.336 e. The third-order valence-electron chi connectivity index (χ3n) is 14.3. The standard InChI is InChI=1S/C28H32N4O3S.C22H20N2O4S.C6H14N2/c1-5-36(34,35)21-8-6-7-19(14-21)23-15-22(28(33)30-20-9-11-32(4)12-10-20)18(3)26-25(23)24-13-17(2)16-29-27(24)31-26;1-4-29(27,28)15-7-5-6-14(9-15)17-10-16(22(25)26)13(3)20-19(17)18-8-12(2)11-23-21(18)24-20;1-8-4-2-6(7)3-5-8/h6-8,13-16,20H,5,9-12H2,1-4H3,(H,29,31)(H,30,33);5-11H,4H2,1-3H3,(H,23,24)(H,25,26);6H,2-5,7H2,1H3. The predicted molar refractivity (Wildman–Crippen MR) is 292 cm³/mol. The van der Waals surface area contributed by atoms with Crippen molar-refractivity contribution in [2.75, 3.05) is 51.8 Å². The fourth-order valence-corrected chi connectivity index (χ4v) is 11.6. The molecule has 0 unspecified atom stereocenters. The van der Waals surface area contributed by atoms with E-state index in [1.165, 1.54) is 25.9 Å². The van der Waals surface area contributed by atoms with Crippen molar-refractivity contribution in [2.24, 2.45) is 5.73 Å². The molecule has 2 aliphatic heterocycles. The molecule has 15 nitrogen and oxygen atoms in total. The number of rotatable bonds is 9. The maximum atomic E-state index is 13.5. The molecule has 8 aromatic rings. The summed E-state index contributed by atoms with van der Waals surface area (Å²) >= 11 is 0. The SMILES string of the molecule is CCS(=O)(=O)c1cccc(-c2cc(C(=O)NC3CCN(C)CC3)c(C)c3[nH]c4ncc(C)cc4c23)c1.CCS(=O)(=O)c1cccc(-c2cc(C(=O)O)c(C)c3[nH]c4ncc(C)cc4c23)c1.CN1CCC(N)CC1. The second-order valence-corrected chi connectivity index (χ2v) is 24.2. The minimum atomic E-state index is -3.39. The van der Waals surface area contributed by atoms with E-state index in [0.717, 1.165) is 86.5 Å². The normalized spacial score (nSPS) is 15.3. The minimum absolute atomic E-state index is 0.00363. The molecule has 2 saturated heterocycles. The van der Waals surface area contributed by atoms with E-state index in [1.807, 2.05) is 45.2 Å². The van der Waals surface area contributed by atoms with Gasteiger partial charge in [-0.05, 0) is 187 Å². The fourth-order valence-electron chi connectivity index (χ4n) is 9.80. The van der Waals surface area contributed by atoms with Crippen LogP contribution in [0.25, 0.3) is 66.1 Å². The van der Waals surface area contributed by atoms with Crippen LogP contribution < -0.4 is 11.1 Å². The molecule has 2 aliphatic rings. The summed E-state index contributed by atoms with van der Waals surface area (Å²) in [4.78, 5) is 46.2. The molecule has 10 rings (SSSR count). The third-order valence-corrected chi connectivity index (χ3v) is 17.8. The molecule has 0 atom stereocenters. The van der Waals surface area contributed by atoms with E-state index >= 15 is 0 Å². The first-order valence-electron chi connectivity index (χ1n) is 24.9. The zero-order chi connectivity index (χ0) is 52.5. The number of carboxylic acids is 1. The quantitative estimate of drug-likeness (QED) is 0.0913. The number of nitrogens with zero attached hydrogens (tertiary/aromatic N) is 4. The Hall–Kier alpha value is -6.50. The summed E-state index contributed by atoms with van der Waals surface area (Å²) in [5.74, 6) is -1.12. The summed E-state index contributed by atoms with van der Waals surface area (Å²) in [6.45, 7) is 15.2. The van der Waals surface area contributed by atoms with Gasteiger partial charge < -0.3 is 35.9 Å². The number of benzene rings is 4. The average molecular weight is 1030 g/mol. The lowest BCUT2D eigenvalue weighted by Crippen LogP contribution is -2.43. The number of piperidine rings is 2. The van der Waals surface area contributed by atoms with E-state index in [2.05, 4.69) is 55.2 Å². The molecule has 6 N–H and O–H groups in total. The van der Waals surface area contributed by atoms with E-state index in [0.29, 0.717) is 39.5 Å². The largest absolute Gasteiger partial charge is 0.478 e. The number of hydrogen-bond acceptors (Lipinski definition) is 11.